The summed E-state index contributed by atoms with van der Waals surface area (Å²) in [7, 11) is 4.26. The molecule has 1 heterocycles. The first-order valence-electron chi connectivity index (χ1n) is 11.5. The van der Waals surface area contributed by atoms with E-state index in [9.17, 15) is 4.79 Å². The van der Waals surface area contributed by atoms with E-state index in [1.807, 2.05) is 4.57 Å². The molecule has 4 aromatic rings. The standard InChI is InChI=1S/C26H26N.C5H8O2.Ir/c1-16(2)20-8-7-9-21-22(20)10-11-24-23(21)12-13-27(6)26(24)25-15-17(3)14-18(4)19(25)5;1-4(6)3-5(2)7;/h7-16H,5-6H2,1-4H3;3,6H,1-2H3;/q-1;;/b;4-3-;. The first-order chi connectivity index (χ1) is 16.0. The molecule has 0 amide bonds. The second-order valence-electron chi connectivity index (χ2n) is 9.26. The number of ketones is 1. The van der Waals surface area contributed by atoms with Crippen LogP contribution in [0.15, 0.2) is 66.6 Å². The summed E-state index contributed by atoms with van der Waals surface area (Å²) in [6, 6.07) is 17.7. The first kappa shape index (κ1) is 28.2. The van der Waals surface area contributed by atoms with Crippen molar-refractivity contribution < 1.29 is 34.6 Å². The molecule has 1 aromatic heterocycles. The molecule has 1 N–H and O–H groups in total. The monoisotopic (exact) mass is 645 g/mol. The second-order valence-corrected chi connectivity index (χ2v) is 9.26. The molecule has 4 heteroatoms. The number of aromatic nitrogens is 1. The Bertz CT molecular complexity index is 1410. The smallest absolute Gasteiger partial charge is 0.155 e. The summed E-state index contributed by atoms with van der Waals surface area (Å²) in [4.78, 5) is 10.0. The van der Waals surface area contributed by atoms with E-state index in [4.69, 9.17) is 5.11 Å². The van der Waals surface area contributed by atoms with Gasteiger partial charge in [-0.25, -0.2) is 0 Å². The van der Waals surface area contributed by atoms with Crippen LogP contribution in [0.1, 0.15) is 55.9 Å². The maximum atomic E-state index is 10.0. The summed E-state index contributed by atoms with van der Waals surface area (Å²) in [6.45, 7) is 16.0. The number of fused-ring (bicyclic) bond motifs is 3. The zero-order valence-corrected chi connectivity index (χ0v) is 23.8. The van der Waals surface area contributed by atoms with Gasteiger partial charge in [0.15, 0.2) is 5.78 Å². The normalized spacial score (nSPS) is 11.2. The molecule has 4 rings (SSSR count). The number of nitrogens with zero attached hydrogens (tertiary/aromatic N) is 1. The van der Waals surface area contributed by atoms with Gasteiger partial charge >= 0.3 is 0 Å². The third-order valence-corrected chi connectivity index (χ3v) is 6.01. The molecule has 0 saturated heterocycles. The zero-order valence-electron chi connectivity index (χ0n) is 21.4. The molecular formula is C31H34IrNO2-. The number of aliphatic hydroxyl groups is 1. The fraction of sp³-hybridized carbons (Fsp3) is 0.226. The first-order valence-corrected chi connectivity index (χ1v) is 11.5. The van der Waals surface area contributed by atoms with Crippen molar-refractivity contribution in [2.75, 3.05) is 0 Å². The molecule has 0 bridgehead atoms. The van der Waals surface area contributed by atoms with Crippen LogP contribution in [0.5, 0.6) is 0 Å². The number of pyridine rings is 1. The number of aliphatic hydroxyl groups excluding tert-OH is 1. The van der Waals surface area contributed by atoms with E-state index in [1.54, 1.807) is 0 Å². The van der Waals surface area contributed by atoms with Crippen LogP contribution in [0, 0.1) is 27.8 Å². The minimum absolute atomic E-state index is 0. The minimum atomic E-state index is -0.125. The van der Waals surface area contributed by atoms with Crippen LogP contribution in [-0.2, 0) is 24.9 Å². The van der Waals surface area contributed by atoms with Crippen molar-refractivity contribution in [3.8, 4) is 11.3 Å². The Hall–Kier alpha value is -3.07. The van der Waals surface area contributed by atoms with Crippen LogP contribution in [0.4, 0.5) is 0 Å². The third kappa shape index (κ3) is 6.14. The molecular weight excluding hydrogens is 611 g/mol. The number of hydrogen-bond acceptors (Lipinski definition) is 2. The molecule has 0 atom stereocenters. The summed E-state index contributed by atoms with van der Waals surface area (Å²) < 4.78 is 1.98. The van der Waals surface area contributed by atoms with Crippen LogP contribution >= 0.6 is 0 Å². The summed E-state index contributed by atoms with van der Waals surface area (Å²) in [5.41, 5.74) is 7.21. The van der Waals surface area contributed by atoms with E-state index < -0.39 is 0 Å². The molecule has 0 aliphatic heterocycles. The van der Waals surface area contributed by atoms with Crippen molar-refractivity contribution in [3.05, 3.63) is 103 Å². The number of aryl methyl sites for hydroxylation is 2. The maximum Gasteiger partial charge on any atom is 0.155 e. The Labute approximate surface area is 222 Å². The maximum absolute atomic E-state index is 10.0. The number of benzene rings is 3. The van der Waals surface area contributed by atoms with E-state index in [0.717, 1.165) is 16.8 Å². The Balaban J connectivity index is 0.000000476. The summed E-state index contributed by atoms with van der Waals surface area (Å²) >= 11 is 0. The van der Waals surface area contributed by atoms with Gasteiger partial charge in [-0.2, -0.15) is 18.1 Å². The minimum Gasteiger partial charge on any atom is -0.512 e. The van der Waals surface area contributed by atoms with E-state index >= 15 is 0 Å². The van der Waals surface area contributed by atoms with Crippen LogP contribution in [-0.4, -0.2) is 10.9 Å². The molecule has 0 aliphatic carbocycles. The Morgan fingerprint density at radius 3 is 2.17 bits per heavy atom. The Morgan fingerprint density at radius 2 is 1.60 bits per heavy atom. The molecule has 3 aromatic carbocycles. The van der Waals surface area contributed by atoms with Crippen LogP contribution in [0.25, 0.3) is 32.8 Å². The fourth-order valence-electron chi connectivity index (χ4n) is 4.49. The van der Waals surface area contributed by atoms with E-state index in [2.05, 4.69) is 96.4 Å². The average molecular weight is 645 g/mol. The molecule has 0 aliphatic rings. The molecule has 3 nitrogen and oxygen atoms in total. The summed E-state index contributed by atoms with van der Waals surface area (Å²) in [5, 5.41) is 13.5. The van der Waals surface area contributed by atoms with E-state index in [-0.39, 0.29) is 31.6 Å². The molecule has 185 valence electrons. The van der Waals surface area contributed by atoms with Gasteiger partial charge < -0.3 is 9.67 Å². The molecule has 0 unspecified atom stereocenters. The van der Waals surface area contributed by atoms with Gasteiger partial charge in [0.2, 0.25) is 0 Å². The van der Waals surface area contributed by atoms with E-state index in [0.29, 0.717) is 5.92 Å². The Morgan fingerprint density at radius 1 is 0.971 bits per heavy atom. The quantitative estimate of drug-likeness (QED) is 0.0823. The Kier molecular flexibility index (Phi) is 9.31. The van der Waals surface area contributed by atoms with Crippen molar-refractivity contribution in [1.82, 2.24) is 0 Å². The molecule has 0 saturated carbocycles. The van der Waals surface area contributed by atoms with Gasteiger partial charge in [0.05, 0.1) is 17.6 Å². The van der Waals surface area contributed by atoms with Gasteiger partial charge in [0, 0.05) is 33.2 Å². The topological polar surface area (TPSA) is 41.2 Å². The second kappa shape index (κ2) is 11.6. The van der Waals surface area contributed by atoms with Crippen molar-refractivity contribution in [1.29, 1.82) is 0 Å². The van der Waals surface area contributed by atoms with E-state index in [1.165, 1.54) is 58.2 Å². The number of carbonyl (C=O) groups excluding carboxylic acids is 1. The molecule has 1 radical (unpaired) electrons. The van der Waals surface area contributed by atoms with Gasteiger partial charge in [-0.05, 0) is 59.9 Å². The average Bonchev–Trinajstić information content (AvgIpc) is 2.75. The largest absolute Gasteiger partial charge is 0.512 e. The fourth-order valence-corrected chi connectivity index (χ4v) is 4.49. The van der Waals surface area contributed by atoms with Gasteiger partial charge in [-0.1, -0.05) is 56.7 Å². The van der Waals surface area contributed by atoms with Crippen LogP contribution < -0.4 is 4.57 Å². The molecule has 35 heavy (non-hydrogen) atoms. The SMILES string of the molecule is CC(=O)/C=C(/C)O.[CH2-]c1c(C)cc(C)cc1-c1c2ccc3c(C(C)C)cccc3c2cc[n+]1[CH2-].[Ir]. The number of carbonyl (C=O) groups is 1. The van der Waals surface area contributed by atoms with Crippen molar-refractivity contribution >= 4 is 27.3 Å². The summed E-state index contributed by atoms with van der Waals surface area (Å²) in [5.74, 6) is 0.436. The predicted molar refractivity (Wildman–Crippen MR) is 143 cm³/mol. The van der Waals surface area contributed by atoms with Crippen LogP contribution in [0.2, 0.25) is 0 Å². The van der Waals surface area contributed by atoms with Crippen LogP contribution in [0.3, 0.4) is 0 Å². The van der Waals surface area contributed by atoms with Crippen molar-refractivity contribution in [3.63, 3.8) is 0 Å². The number of rotatable bonds is 3. The molecule has 0 fully saturated rings. The van der Waals surface area contributed by atoms with Gasteiger partial charge in [-0.15, -0.1) is 17.7 Å². The zero-order chi connectivity index (χ0) is 25.2. The molecule has 0 spiro atoms. The predicted octanol–water partition coefficient (Wildman–Crippen LogP) is 7.54. The van der Waals surface area contributed by atoms with Gasteiger partial charge in [0.1, 0.15) is 0 Å². The summed E-state index contributed by atoms with van der Waals surface area (Å²) in [6.07, 6.45) is 3.23. The third-order valence-electron chi connectivity index (χ3n) is 6.01. The van der Waals surface area contributed by atoms with Crippen molar-refractivity contribution in [2.45, 2.75) is 47.5 Å². The van der Waals surface area contributed by atoms with Gasteiger partial charge in [-0.3, -0.25) is 4.79 Å². The van der Waals surface area contributed by atoms with Crippen molar-refractivity contribution in [2.24, 2.45) is 0 Å². The van der Waals surface area contributed by atoms with Gasteiger partial charge in [0.25, 0.3) is 0 Å². The number of hydrogen-bond donors (Lipinski definition) is 1. The number of allylic oxidation sites excluding steroid dienone is 2.